The Morgan fingerprint density at radius 2 is 2.08 bits per heavy atom. The fourth-order valence-corrected chi connectivity index (χ4v) is 4.81. The maximum Gasteiger partial charge on any atom is 0.256 e. The van der Waals surface area contributed by atoms with Crippen LogP contribution in [-0.4, -0.2) is 35.6 Å². The third-order valence-electron chi connectivity index (χ3n) is 4.95. The molecule has 2 aromatic rings. The quantitative estimate of drug-likeness (QED) is 0.861. The van der Waals surface area contributed by atoms with Crippen molar-refractivity contribution in [3.63, 3.8) is 0 Å². The summed E-state index contributed by atoms with van der Waals surface area (Å²) >= 11 is 1.72. The zero-order chi connectivity index (χ0) is 16.7. The van der Waals surface area contributed by atoms with Gasteiger partial charge in [-0.2, -0.15) is 0 Å². The molecule has 1 N–H and O–H groups in total. The van der Waals surface area contributed by atoms with E-state index in [0.29, 0.717) is 32.5 Å². The van der Waals surface area contributed by atoms with Crippen LogP contribution >= 0.6 is 11.3 Å². The Bertz CT molecular complexity index is 780. The van der Waals surface area contributed by atoms with Crippen molar-refractivity contribution in [2.24, 2.45) is 0 Å². The van der Waals surface area contributed by atoms with Gasteiger partial charge in [-0.3, -0.25) is 4.79 Å². The smallest absolute Gasteiger partial charge is 0.256 e. The number of halogens is 1. The highest BCUT2D eigenvalue weighted by Gasteiger charge is 2.42. The number of likely N-dealkylation sites (tertiary alicyclic amines) is 1. The summed E-state index contributed by atoms with van der Waals surface area (Å²) in [5.74, 6) is -1.08. The molecule has 1 spiro atoms. The summed E-state index contributed by atoms with van der Waals surface area (Å²) in [5.41, 5.74) is 0.980. The number of thiophene rings is 1. The van der Waals surface area contributed by atoms with Gasteiger partial charge in [-0.15, -0.1) is 11.3 Å². The molecule has 0 saturated carbocycles. The summed E-state index contributed by atoms with van der Waals surface area (Å²) < 4.78 is 20.0. The van der Waals surface area contributed by atoms with E-state index < -0.39 is 5.82 Å². The number of amides is 1. The van der Waals surface area contributed by atoms with Gasteiger partial charge in [0.25, 0.3) is 5.91 Å². The number of phenols is 1. The van der Waals surface area contributed by atoms with E-state index in [-0.39, 0.29) is 22.8 Å². The SMILES string of the molecule is O=C(c1cc(O)ccc1F)N1CCC2(CC1)OCCc1ccsc12. The van der Waals surface area contributed by atoms with Crippen molar-refractivity contribution in [3.05, 3.63) is 51.5 Å². The molecule has 6 heteroatoms. The van der Waals surface area contributed by atoms with Crippen molar-refractivity contribution < 1.29 is 19.0 Å². The lowest BCUT2D eigenvalue weighted by atomic mass is 9.85. The average molecular weight is 347 g/mol. The minimum absolute atomic E-state index is 0.0766. The van der Waals surface area contributed by atoms with E-state index >= 15 is 0 Å². The van der Waals surface area contributed by atoms with Crippen molar-refractivity contribution >= 4 is 17.2 Å². The van der Waals surface area contributed by atoms with Gasteiger partial charge in [0, 0.05) is 18.0 Å². The molecule has 3 heterocycles. The van der Waals surface area contributed by atoms with Gasteiger partial charge in [-0.1, -0.05) is 0 Å². The van der Waals surface area contributed by atoms with E-state index in [4.69, 9.17) is 4.74 Å². The molecule has 2 aliphatic rings. The number of ether oxygens (including phenoxy) is 1. The summed E-state index contributed by atoms with van der Waals surface area (Å²) in [6.45, 7) is 1.75. The number of aromatic hydroxyl groups is 1. The van der Waals surface area contributed by atoms with Gasteiger partial charge >= 0.3 is 0 Å². The van der Waals surface area contributed by atoms with E-state index in [9.17, 15) is 14.3 Å². The first-order chi connectivity index (χ1) is 11.6. The Balaban J connectivity index is 1.53. The van der Waals surface area contributed by atoms with Crippen molar-refractivity contribution in [2.75, 3.05) is 19.7 Å². The molecule has 0 bridgehead atoms. The zero-order valence-corrected chi connectivity index (χ0v) is 13.9. The van der Waals surface area contributed by atoms with Crippen LogP contribution in [0.4, 0.5) is 4.39 Å². The molecule has 0 radical (unpaired) electrons. The lowest BCUT2D eigenvalue weighted by molar-refractivity contribution is -0.0906. The van der Waals surface area contributed by atoms with Crippen LogP contribution in [0.3, 0.4) is 0 Å². The fraction of sp³-hybridized carbons (Fsp3) is 0.389. The van der Waals surface area contributed by atoms with Crippen LogP contribution in [0.25, 0.3) is 0 Å². The van der Waals surface area contributed by atoms with Crippen LogP contribution in [0, 0.1) is 5.82 Å². The molecular formula is C18H18FNO3S. The molecule has 4 rings (SSSR count). The molecule has 0 atom stereocenters. The Morgan fingerprint density at radius 1 is 1.29 bits per heavy atom. The third-order valence-corrected chi connectivity index (χ3v) is 6.09. The lowest BCUT2D eigenvalue weighted by Crippen LogP contribution is -2.48. The van der Waals surface area contributed by atoms with Crippen LogP contribution in [0.2, 0.25) is 0 Å². The summed E-state index contributed by atoms with van der Waals surface area (Å²) in [6, 6.07) is 5.71. The number of piperidine rings is 1. The molecule has 2 aliphatic heterocycles. The number of fused-ring (bicyclic) bond motifs is 2. The molecular weight excluding hydrogens is 329 g/mol. The second kappa shape index (κ2) is 5.86. The Kier molecular flexibility index (Phi) is 3.81. The topological polar surface area (TPSA) is 49.8 Å². The number of rotatable bonds is 1. The first kappa shape index (κ1) is 15.6. The summed E-state index contributed by atoms with van der Waals surface area (Å²) in [7, 11) is 0. The highest BCUT2D eigenvalue weighted by atomic mass is 32.1. The number of nitrogens with zero attached hydrogens (tertiary/aromatic N) is 1. The first-order valence-electron chi connectivity index (χ1n) is 8.08. The van der Waals surface area contributed by atoms with Crippen molar-refractivity contribution in [2.45, 2.75) is 24.9 Å². The standard InChI is InChI=1S/C18H18FNO3S/c19-15-2-1-13(21)11-14(15)17(22)20-7-5-18(6-8-20)16-12(3-9-23-18)4-10-24-16/h1-2,4,10-11,21H,3,5-9H2. The third kappa shape index (κ3) is 2.50. The molecule has 126 valence electrons. The van der Waals surface area contributed by atoms with Gasteiger partial charge in [0.1, 0.15) is 17.2 Å². The second-order valence-electron chi connectivity index (χ2n) is 6.32. The number of carbonyl (C=O) groups is 1. The maximum absolute atomic E-state index is 13.9. The lowest BCUT2D eigenvalue weighted by Gasteiger charge is -2.43. The number of carbonyl (C=O) groups excluding carboxylic acids is 1. The van der Waals surface area contributed by atoms with Gasteiger partial charge < -0.3 is 14.7 Å². The zero-order valence-electron chi connectivity index (χ0n) is 13.1. The first-order valence-corrected chi connectivity index (χ1v) is 8.96. The Morgan fingerprint density at radius 3 is 2.88 bits per heavy atom. The molecule has 1 aromatic carbocycles. The van der Waals surface area contributed by atoms with E-state index in [1.54, 1.807) is 16.2 Å². The molecule has 1 fully saturated rings. The number of hydrogen-bond acceptors (Lipinski definition) is 4. The fourth-order valence-electron chi connectivity index (χ4n) is 3.64. The summed E-state index contributed by atoms with van der Waals surface area (Å²) in [5, 5.41) is 11.6. The Hall–Kier alpha value is -1.92. The molecule has 1 amide bonds. The number of phenolic OH excluding ortho intramolecular Hbond substituents is 1. The number of benzene rings is 1. The average Bonchev–Trinajstić information content (AvgIpc) is 3.08. The van der Waals surface area contributed by atoms with Crippen molar-refractivity contribution in [1.82, 2.24) is 4.90 Å². The minimum Gasteiger partial charge on any atom is -0.508 e. The summed E-state index contributed by atoms with van der Waals surface area (Å²) in [4.78, 5) is 15.5. The van der Waals surface area contributed by atoms with Crippen molar-refractivity contribution in [3.8, 4) is 5.75 Å². The molecule has 1 aromatic heterocycles. The van der Waals surface area contributed by atoms with Crippen LogP contribution in [0.15, 0.2) is 29.6 Å². The van der Waals surface area contributed by atoms with E-state index in [1.807, 2.05) is 0 Å². The Labute approximate surface area is 143 Å². The second-order valence-corrected chi connectivity index (χ2v) is 7.24. The van der Waals surface area contributed by atoms with Crippen molar-refractivity contribution in [1.29, 1.82) is 0 Å². The van der Waals surface area contributed by atoms with E-state index in [2.05, 4.69) is 11.4 Å². The van der Waals surface area contributed by atoms with Gasteiger partial charge in [0.15, 0.2) is 0 Å². The molecule has 4 nitrogen and oxygen atoms in total. The van der Waals surface area contributed by atoms with Gasteiger partial charge in [-0.05, 0) is 54.5 Å². The minimum atomic E-state index is -0.604. The van der Waals surface area contributed by atoms with E-state index in [1.165, 1.54) is 22.6 Å². The molecule has 1 saturated heterocycles. The largest absolute Gasteiger partial charge is 0.508 e. The summed E-state index contributed by atoms with van der Waals surface area (Å²) in [6.07, 6.45) is 2.37. The highest BCUT2D eigenvalue weighted by Crippen LogP contribution is 2.44. The molecule has 0 aliphatic carbocycles. The van der Waals surface area contributed by atoms with Gasteiger partial charge in [-0.25, -0.2) is 4.39 Å². The van der Waals surface area contributed by atoms with Gasteiger partial charge in [0.2, 0.25) is 0 Å². The highest BCUT2D eigenvalue weighted by molar-refractivity contribution is 7.10. The maximum atomic E-state index is 13.9. The number of hydrogen-bond donors (Lipinski definition) is 1. The van der Waals surface area contributed by atoms with Crippen LogP contribution in [0.5, 0.6) is 5.75 Å². The van der Waals surface area contributed by atoms with Crippen LogP contribution in [0.1, 0.15) is 33.6 Å². The van der Waals surface area contributed by atoms with Gasteiger partial charge in [0.05, 0.1) is 12.2 Å². The normalized spacial score (nSPS) is 19.3. The van der Waals surface area contributed by atoms with Crippen LogP contribution < -0.4 is 0 Å². The molecule has 0 unspecified atom stereocenters. The predicted molar refractivity (Wildman–Crippen MR) is 88.9 cm³/mol. The monoisotopic (exact) mass is 347 g/mol. The van der Waals surface area contributed by atoms with Crippen LogP contribution in [-0.2, 0) is 16.8 Å². The predicted octanol–water partition coefficient (Wildman–Crippen LogP) is 3.30. The molecule has 24 heavy (non-hydrogen) atoms. The van der Waals surface area contributed by atoms with E-state index in [0.717, 1.165) is 12.5 Å².